The molecule has 0 saturated heterocycles. The number of rotatable bonds is 6. The van der Waals surface area contributed by atoms with Gasteiger partial charge in [0.15, 0.2) is 0 Å². The van der Waals surface area contributed by atoms with Gasteiger partial charge < -0.3 is 9.47 Å². The van der Waals surface area contributed by atoms with Crippen LogP contribution in [0.4, 0.5) is 0 Å². The van der Waals surface area contributed by atoms with Crippen molar-refractivity contribution < 1.29 is 19.1 Å². The molecule has 0 aromatic rings. The van der Waals surface area contributed by atoms with Crippen LogP contribution in [0.1, 0.15) is 33.6 Å². The highest BCUT2D eigenvalue weighted by Gasteiger charge is 2.12. The molecule has 4 nitrogen and oxygen atoms in total. The van der Waals surface area contributed by atoms with Crippen LogP contribution in [-0.2, 0) is 19.1 Å². The van der Waals surface area contributed by atoms with Crippen molar-refractivity contribution in [3.8, 4) is 0 Å². The molecule has 14 heavy (non-hydrogen) atoms. The summed E-state index contributed by atoms with van der Waals surface area (Å²) in [6.45, 7) is 5.92. The Kier molecular flexibility index (Phi) is 6.80. The average Bonchev–Trinajstić information content (AvgIpc) is 2.16. The van der Waals surface area contributed by atoms with E-state index < -0.39 is 0 Å². The molecule has 82 valence electrons. The second kappa shape index (κ2) is 7.35. The number of carbonyl (C=O) groups excluding carboxylic acids is 2. The zero-order valence-corrected chi connectivity index (χ0v) is 9.04. The van der Waals surface area contributed by atoms with Crippen LogP contribution in [0, 0.1) is 5.92 Å². The summed E-state index contributed by atoms with van der Waals surface area (Å²) in [4.78, 5) is 22.0. The highest BCUT2D eigenvalue weighted by atomic mass is 16.5. The molecule has 0 bridgehead atoms. The van der Waals surface area contributed by atoms with Crippen molar-refractivity contribution in [1.29, 1.82) is 0 Å². The van der Waals surface area contributed by atoms with E-state index >= 15 is 0 Å². The molecular formula is C10H18O4. The minimum atomic E-state index is -0.329. The number of hydrogen-bond donors (Lipinski definition) is 0. The van der Waals surface area contributed by atoms with Crippen LogP contribution < -0.4 is 0 Å². The van der Waals surface area contributed by atoms with E-state index in [4.69, 9.17) is 4.74 Å². The van der Waals surface area contributed by atoms with Gasteiger partial charge in [-0.15, -0.1) is 0 Å². The first-order valence-electron chi connectivity index (χ1n) is 4.94. The Morgan fingerprint density at radius 1 is 1.21 bits per heavy atom. The molecule has 0 aliphatic rings. The summed E-state index contributed by atoms with van der Waals surface area (Å²) in [5.74, 6) is -0.682. The molecule has 4 heteroatoms. The third-order valence-electron chi connectivity index (χ3n) is 1.87. The summed E-state index contributed by atoms with van der Waals surface area (Å²) in [6.07, 6.45) is 0.883. The first-order valence-corrected chi connectivity index (χ1v) is 4.94. The second-order valence-corrected chi connectivity index (χ2v) is 3.03. The van der Waals surface area contributed by atoms with Gasteiger partial charge in [-0.1, -0.05) is 13.8 Å². The summed E-state index contributed by atoms with van der Waals surface area (Å²) in [7, 11) is 0. The largest absolute Gasteiger partial charge is 0.466 e. The number of ether oxygens (including phenoxy) is 2. The van der Waals surface area contributed by atoms with Gasteiger partial charge in [0, 0.05) is 0 Å². The molecule has 0 aliphatic carbocycles. The maximum atomic E-state index is 11.1. The van der Waals surface area contributed by atoms with E-state index in [0.717, 1.165) is 6.42 Å². The number of hydrogen-bond acceptors (Lipinski definition) is 4. The first kappa shape index (κ1) is 12.9. The van der Waals surface area contributed by atoms with Gasteiger partial charge in [0.1, 0.15) is 6.61 Å². The Morgan fingerprint density at radius 3 is 2.36 bits per heavy atom. The summed E-state index contributed by atoms with van der Waals surface area (Å²) >= 11 is 0. The zero-order chi connectivity index (χ0) is 11.0. The smallest absolute Gasteiger partial charge is 0.309 e. The van der Waals surface area contributed by atoms with E-state index in [1.165, 1.54) is 0 Å². The van der Waals surface area contributed by atoms with E-state index in [1.54, 1.807) is 13.8 Å². The molecule has 0 heterocycles. The van der Waals surface area contributed by atoms with Crippen molar-refractivity contribution in [3.63, 3.8) is 0 Å². The molecule has 0 N–H and O–H groups in total. The molecule has 1 unspecified atom stereocenters. The third-order valence-corrected chi connectivity index (χ3v) is 1.87. The van der Waals surface area contributed by atoms with E-state index in [2.05, 4.69) is 4.74 Å². The molecule has 0 radical (unpaired) electrons. The topological polar surface area (TPSA) is 52.6 Å². The second-order valence-electron chi connectivity index (χ2n) is 3.03. The molecule has 0 rings (SSSR count). The van der Waals surface area contributed by atoms with E-state index in [1.807, 2.05) is 6.92 Å². The number of esters is 2. The molecule has 0 fully saturated rings. The Balaban J connectivity index is 3.54. The SMILES string of the molecule is CCOC(=O)CCOC(=O)C(C)CC. The van der Waals surface area contributed by atoms with Crippen LogP contribution in [0.3, 0.4) is 0 Å². The van der Waals surface area contributed by atoms with Gasteiger partial charge in [0.25, 0.3) is 0 Å². The molecule has 0 aromatic carbocycles. The van der Waals surface area contributed by atoms with Gasteiger partial charge in [0.05, 0.1) is 18.9 Å². The molecule has 0 amide bonds. The molecule has 0 saturated carbocycles. The van der Waals surface area contributed by atoms with Crippen molar-refractivity contribution in [2.45, 2.75) is 33.6 Å². The fraction of sp³-hybridized carbons (Fsp3) is 0.800. The lowest BCUT2D eigenvalue weighted by molar-refractivity contribution is -0.151. The number of carbonyl (C=O) groups is 2. The van der Waals surface area contributed by atoms with Crippen LogP contribution in [0.15, 0.2) is 0 Å². The van der Waals surface area contributed by atoms with Gasteiger partial charge in [-0.25, -0.2) is 0 Å². The maximum absolute atomic E-state index is 11.1. The quantitative estimate of drug-likeness (QED) is 0.613. The van der Waals surface area contributed by atoms with Crippen LogP contribution >= 0.6 is 0 Å². The predicted molar refractivity (Wildman–Crippen MR) is 51.7 cm³/mol. The molecule has 0 aromatic heterocycles. The third kappa shape index (κ3) is 5.56. The van der Waals surface area contributed by atoms with E-state index in [0.29, 0.717) is 6.61 Å². The summed E-state index contributed by atoms with van der Waals surface area (Å²) in [5, 5.41) is 0. The van der Waals surface area contributed by atoms with Crippen molar-refractivity contribution >= 4 is 11.9 Å². The van der Waals surface area contributed by atoms with Gasteiger partial charge in [-0.05, 0) is 13.3 Å². The van der Waals surface area contributed by atoms with Crippen molar-refractivity contribution in [3.05, 3.63) is 0 Å². The Bertz CT molecular complexity index is 189. The normalized spacial score (nSPS) is 11.9. The summed E-state index contributed by atoms with van der Waals surface area (Å²) < 4.78 is 9.55. The van der Waals surface area contributed by atoms with Crippen molar-refractivity contribution in [2.75, 3.05) is 13.2 Å². The fourth-order valence-corrected chi connectivity index (χ4v) is 0.777. The standard InChI is InChI=1S/C10H18O4/c1-4-8(3)10(12)14-7-6-9(11)13-5-2/h8H,4-7H2,1-3H3. The Morgan fingerprint density at radius 2 is 1.86 bits per heavy atom. The van der Waals surface area contributed by atoms with Crippen molar-refractivity contribution in [1.82, 2.24) is 0 Å². The van der Waals surface area contributed by atoms with Crippen LogP contribution in [0.2, 0.25) is 0 Å². The summed E-state index contributed by atoms with van der Waals surface area (Å²) in [5.41, 5.74) is 0. The van der Waals surface area contributed by atoms with Crippen LogP contribution in [0.25, 0.3) is 0 Å². The molecular weight excluding hydrogens is 184 g/mol. The Labute approximate surface area is 84.6 Å². The molecule has 0 spiro atoms. The highest BCUT2D eigenvalue weighted by Crippen LogP contribution is 2.03. The van der Waals surface area contributed by atoms with Crippen LogP contribution in [-0.4, -0.2) is 25.2 Å². The van der Waals surface area contributed by atoms with Crippen LogP contribution in [0.5, 0.6) is 0 Å². The lowest BCUT2D eigenvalue weighted by Gasteiger charge is -2.08. The lowest BCUT2D eigenvalue weighted by atomic mass is 10.1. The van der Waals surface area contributed by atoms with Crippen molar-refractivity contribution in [2.24, 2.45) is 5.92 Å². The highest BCUT2D eigenvalue weighted by molar-refractivity contribution is 5.73. The average molecular weight is 202 g/mol. The Hall–Kier alpha value is -1.06. The fourth-order valence-electron chi connectivity index (χ4n) is 0.777. The zero-order valence-electron chi connectivity index (χ0n) is 9.04. The van der Waals surface area contributed by atoms with E-state index in [-0.39, 0.29) is 30.9 Å². The van der Waals surface area contributed by atoms with Gasteiger partial charge >= 0.3 is 11.9 Å². The van der Waals surface area contributed by atoms with E-state index in [9.17, 15) is 9.59 Å². The lowest BCUT2D eigenvalue weighted by Crippen LogP contribution is -2.17. The minimum absolute atomic E-state index is 0.0998. The molecule has 0 aliphatic heterocycles. The minimum Gasteiger partial charge on any atom is -0.466 e. The van der Waals surface area contributed by atoms with Gasteiger partial charge in [-0.3, -0.25) is 9.59 Å². The monoisotopic (exact) mass is 202 g/mol. The predicted octanol–water partition coefficient (Wildman–Crippen LogP) is 1.53. The maximum Gasteiger partial charge on any atom is 0.309 e. The van der Waals surface area contributed by atoms with Gasteiger partial charge in [-0.2, -0.15) is 0 Å². The first-order chi connectivity index (χ1) is 6.61. The summed E-state index contributed by atoms with van der Waals surface area (Å²) in [6, 6.07) is 0. The molecule has 1 atom stereocenters. The van der Waals surface area contributed by atoms with Gasteiger partial charge in [0.2, 0.25) is 0 Å².